The maximum atomic E-state index is 12.6. The molecule has 4 heteroatoms. The lowest BCUT2D eigenvalue weighted by Crippen LogP contribution is -2.48. The molecule has 1 aromatic rings. The van der Waals surface area contributed by atoms with E-state index < -0.39 is 5.41 Å². The van der Waals surface area contributed by atoms with Crippen LogP contribution in [0, 0.1) is 0 Å². The minimum atomic E-state index is -0.852. The van der Waals surface area contributed by atoms with Gasteiger partial charge in [0.25, 0.3) is 0 Å². The highest BCUT2D eigenvalue weighted by Gasteiger charge is 2.40. The van der Waals surface area contributed by atoms with E-state index in [1.165, 1.54) is 0 Å². The Morgan fingerprint density at radius 3 is 2.16 bits per heavy atom. The maximum Gasteiger partial charge on any atom is 0.235 e. The number of hydrogen-bond acceptors (Lipinski definition) is 3. The van der Waals surface area contributed by atoms with Crippen molar-refractivity contribution in [3.8, 4) is 0 Å². The largest absolute Gasteiger partial charge is 0.395 e. The van der Waals surface area contributed by atoms with Crippen LogP contribution in [-0.4, -0.2) is 62.2 Å². The Hall–Kier alpha value is -1.39. The number of rotatable bonds is 6. The third kappa shape index (κ3) is 3.55. The zero-order valence-corrected chi connectivity index (χ0v) is 12.3. The zero-order chi connectivity index (χ0) is 14.5. The fourth-order valence-electron chi connectivity index (χ4n) is 2.21. The standard InChI is InChI=1S/C15H24N2O2/c1-16(2)11-10-15(12-18,14(19)17(3)4)13-8-6-5-7-9-13/h5-9,18H,10-12H2,1-4H3. The summed E-state index contributed by atoms with van der Waals surface area (Å²) in [6, 6.07) is 9.54. The van der Waals surface area contributed by atoms with Crippen molar-refractivity contribution in [3.05, 3.63) is 35.9 Å². The summed E-state index contributed by atoms with van der Waals surface area (Å²) in [6.45, 7) is 0.566. The molecule has 0 aliphatic carbocycles. The van der Waals surface area contributed by atoms with Gasteiger partial charge in [-0.05, 0) is 32.6 Å². The lowest BCUT2D eigenvalue weighted by molar-refractivity contribution is -0.137. The summed E-state index contributed by atoms with van der Waals surface area (Å²) in [4.78, 5) is 16.1. The van der Waals surface area contributed by atoms with Gasteiger partial charge in [0, 0.05) is 14.1 Å². The second-order valence-electron chi connectivity index (χ2n) is 5.36. The Bertz CT molecular complexity index is 404. The molecule has 0 fully saturated rings. The Kier molecular flexibility index (Phi) is 5.51. The van der Waals surface area contributed by atoms with Crippen molar-refractivity contribution in [1.82, 2.24) is 9.80 Å². The number of nitrogens with zero attached hydrogens (tertiary/aromatic N) is 2. The van der Waals surface area contributed by atoms with E-state index in [-0.39, 0.29) is 12.5 Å². The number of benzene rings is 1. The average Bonchev–Trinajstić information content (AvgIpc) is 2.40. The van der Waals surface area contributed by atoms with Gasteiger partial charge in [0.15, 0.2) is 0 Å². The number of carbonyl (C=O) groups excluding carboxylic acids is 1. The summed E-state index contributed by atoms with van der Waals surface area (Å²) < 4.78 is 0. The molecule has 0 aliphatic heterocycles. The molecule has 0 spiro atoms. The van der Waals surface area contributed by atoms with E-state index in [2.05, 4.69) is 0 Å². The van der Waals surface area contributed by atoms with Crippen molar-refractivity contribution in [3.63, 3.8) is 0 Å². The summed E-state index contributed by atoms with van der Waals surface area (Å²) in [5.74, 6) is -0.0527. The first-order valence-corrected chi connectivity index (χ1v) is 6.47. The van der Waals surface area contributed by atoms with E-state index in [1.807, 2.05) is 49.3 Å². The van der Waals surface area contributed by atoms with Crippen LogP contribution in [0.2, 0.25) is 0 Å². The SMILES string of the molecule is CN(C)CCC(CO)(C(=O)N(C)C)c1ccccc1. The third-order valence-electron chi connectivity index (χ3n) is 3.40. The van der Waals surface area contributed by atoms with Crippen molar-refractivity contribution in [2.24, 2.45) is 0 Å². The molecular formula is C15H24N2O2. The van der Waals surface area contributed by atoms with Crippen LogP contribution in [0.15, 0.2) is 30.3 Å². The van der Waals surface area contributed by atoms with Gasteiger partial charge in [-0.25, -0.2) is 0 Å². The number of likely N-dealkylation sites (N-methyl/N-ethyl adjacent to an activating group) is 1. The normalized spacial score (nSPS) is 14.2. The highest BCUT2D eigenvalue weighted by Crippen LogP contribution is 2.29. The Morgan fingerprint density at radius 2 is 1.74 bits per heavy atom. The molecule has 106 valence electrons. The average molecular weight is 264 g/mol. The van der Waals surface area contributed by atoms with E-state index in [0.29, 0.717) is 6.42 Å². The minimum Gasteiger partial charge on any atom is -0.395 e. The van der Waals surface area contributed by atoms with Crippen molar-refractivity contribution in [2.75, 3.05) is 41.3 Å². The molecule has 0 aliphatic rings. The fraction of sp³-hybridized carbons (Fsp3) is 0.533. The van der Waals surface area contributed by atoms with Gasteiger partial charge in [0.2, 0.25) is 5.91 Å². The number of aliphatic hydroxyl groups excluding tert-OH is 1. The minimum absolute atomic E-state index is 0.0527. The van der Waals surface area contributed by atoms with Crippen molar-refractivity contribution in [1.29, 1.82) is 0 Å². The summed E-state index contributed by atoms with van der Waals surface area (Å²) in [6.07, 6.45) is 0.595. The monoisotopic (exact) mass is 264 g/mol. The molecule has 0 aromatic heterocycles. The highest BCUT2D eigenvalue weighted by atomic mass is 16.3. The summed E-state index contributed by atoms with van der Waals surface area (Å²) >= 11 is 0. The van der Waals surface area contributed by atoms with E-state index in [0.717, 1.165) is 12.1 Å². The first-order chi connectivity index (χ1) is 8.94. The number of amides is 1. The predicted molar refractivity (Wildman–Crippen MR) is 77.1 cm³/mol. The molecule has 1 aromatic carbocycles. The molecule has 0 saturated carbocycles. The molecule has 4 nitrogen and oxygen atoms in total. The van der Waals surface area contributed by atoms with Crippen LogP contribution in [0.5, 0.6) is 0 Å². The van der Waals surface area contributed by atoms with Gasteiger partial charge < -0.3 is 14.9 Å². The lowest BCUT2D eigenvalue weighted by atomic mass is 9.77. The number of aliphatic hydroxyl groups is 1. The molecule has 0 radical (unpaired) electrons. The van der Waals surface area contributed by atoms with Gasteiger partial charge in [-0.1, -0.05) is 30.3 Å². The molecule has 0 heterocycles. The number of hydrogen-bond donors (Lipinski definition) is 1. The maximum absolute atomic E-state index is 12.6. The Balaban J connectivity index is 3.17. The second kappa shape index (κ2) is 6.68. The van der Waals surface area contributed by atoms with Crippen LogP contribution in [0.4, 0.5) is 0 Å². The van der Waals surface area contributed by atoms with Crippen LogP contribution in [0.25, 0.3) is 0 Å². The summed E-state index contributed by atoms with van der Waals surface area (Å²) in [5, 5.41) is 9.90. The molecule has 1 N–H and O–H groups in total. The number of carbonyl (C=O) groups is 1. The van der Waals surface area contributed by atoms with E-state index in [9.17, 15) is 9.90 Å². The molecule has 1 rings (SSSR count). The fourth-order valence-corrected chi connectivity index (χ4v) is 2.21. The van der Waals surface area contributed by atoms with Gasteiger partial charge in [-0.3, -0.25) is 4.79 Å². The van der Waals surface area contributed by atoms with Crippen LogP contribution in [-0.2, 0) is 10.2 Å². The lowest BCUT2D eigenvalue weighted by Gasteiger charge is -2.34. The predicted octanol–water partition coefficient (Wildman–Crippen LogP) is 0.957. The van der Waals surface area contributed by atoms with Crippen LogP contribution < -0.4 is 0 Å². The van der Waals surface area contributed by atoms with Gasteiger partial charge in [0.05, 0.1) is 12.0 Å². The first kappa shape index (κ1) is 15.7. The topological polar surface area (TPSA) is 43.8 Å². The smallest absolute Gasteiger partial charge is 0.235 e. The third-order valence-corrected chi connectivity index (χ3v) is 3.40. The summed E-state index contributed by atoms with van der Waals surface area (Å²) in [7, 11) is 7.39. The molecule has 0 saturated heterocycles. The Labute approximate surface area is 115 Å². The first-order valence-electron chi connectivity index (χ1n) is 6.47. The van der Waals surface area contributed by atoms with Crippen molar-refractivity contribution in [2.45, 2.75) is 11.8 Å². The molecule has 1 amide bonds. The molecule has 1 atom stereocenters. The van der Waals surface area contributed by atoms with Crippen molar-refractivity contribution >= 4 is 5.91 Å². The van der Waals surface area contributed by atoms with E-state index in [4.69, 9.17) is 0 Å². The Morgan fingerprint density at radius 1 is 1.16 bits per heavy atom. The molecule has 1 unspecified atom stereocenters. The van der Waals surface area contributed by atoms with Crippen LogP contribution in [0.3, 0.4) is 0 Å². The van der Waals surface area contributed by atoms with Gasteiger partial charge >= 0.3 is 0 Å². The van der Waals surface area contributed by atoms with Gasteiger partial charge in [-0.15, -0.1) is 0 Å². The van der Waals surface area contributed by atoms with Crippen LogP contribution >= 0.6 is 0 Å². The second-order valence-corrected chi connectivity index (χ2v) is 5.36. The molecule has 0 bridgehead atoms. The van der Waals surface area contributed by atoms with E-state index >= 15 is 0 Å². The highest BCUT2D eigenvalue weighted by molar-refractivity contribution is 5.88. The van der Waals surface area contributed by atoms with Crippen LogP contribution in [0.1, 0.15) is 12.0 Å². The van der Waals surface area contributed by atoms with Crippen molar-refractivity contribution < 1.29 is 9.90 Å². The molecule has 19 heavy (non-hydrogen) atoms. The zero-order valence-electron chi connectivity index (χ0n) is 12.3. The summed E-state index contributed by atoms with van der Waals surface area (Å²) in [5.41, 5.74) is 0.0210. The van der Waals surface area contributed by atoms with Gasteiger partial charge in [0.1, 0.15) is 0 Å². The van der Waals surface area contributed by atoms with Gasteiger partial charge in [-0.2, -0.15) is 0 Å². The quantitative estimate of drug-likeness (QED) is 0.832. The molecular weight excluding hydrogens is 240 g/mol. The van der Waals surface area contributed by atoms with E-state index in [1.54, 1.807) is 19.0 Å².